The topological polar surface area (TPSA) is 76.8 Å². The van der Waals surface area contributed by atoms with Gasteiger partial charge in [-0.05, 0) is 46.6 Å². The molecule has 0 aliphatic carbocycles. The minimum absolute atomic E-state index is 0.0490. The number of carbonyl (C=O) groups is 1. The molecule has 1 aromatic heterocycles. The molecule has 2 aromatic rings. The van der Waals surface area contributed by atoms with Crippen LogP contribution in [0.25, 0.3) is 0 Å². The summed E-state index contributed by atoms with van der Waals surface area (Å²) < 4.78 is 35.0. The first-order valence-electron chi connectivity index (χ1n) is 7.99. The van der Waals surface area contributed by atoms with Gasteiger partial charge in [-0.1, -0.05) is 23.2 Å². The first kappa shape index (κ1) is 20.5. The molecule has 27 heavy (non-hydrogen) atoms. The van der Waals surface area contributed by atoms with Gasteiger partial charge in [-0.25, -0.2) is 8.42 Å². The van der Waals surface area contributed by atoms with Crippen molar-refractivity contribution in [2.75, 3.05) is 18.6 Å². The molecule has 1 amide bonds. The molecule has 10 heteroatoms. The number of amides is 1. The Hall–Kier alpha value is -1.22. The lowest BCUT2D eigenvalue weighted by Gasteiger charge is -2.28. The zero-order valence-electron chi connectivity index (χ0n) is 14.2. The number of rotatable bonds is 5. The third kappa shape index (κ3) is 4.62. The highest BCUT2D eigenvalue weighted by atomic mass is 79.9. The van der Waals surface area contributed by atoms with Crippen LogP contribution >= 0.6 is 39.1 Å². The maximum Gasteiger partial charge on any atom is 0.254 e. The summed E-state index contributed by atoms with van der Waals surface area (Å²) in [4.78, 5) is 14.7. The van der Waals surface area contributed by atoms with Crippen LogP contribution in [0.3, 0.4) is 0 Å². The molecule has 1 aliphatic heterocycles. The van der Waals surface area contributed by atoms with Crippen LogP contribution in [0.15, 0.2) is 33.4 Å². The van der Waals surface area contributed by atoms with Gasteiger partial charge in [-0.3, -0.25) is 4.79 Å². The van der Waals surface area contributed by atoms with Gasteiger partial charge in [0.25, 0.3) is 5.91 Å². The predicted octanol–water partition coefficient (Wildman–Crippen LogP) is 4.19. The van der Waals surface area contributed by atoms with E-state index in [1.165, 1.54) is 24.1 Å². The number of furan rings is 1. The van der Waals surface area contributed by atoms with Crippen molar-refractivity contribution in [1.82, 2.24) is 4.90 Å². The Morgan fingerprint density at radius 3 is 2.48 bits per heavy atom. The van der Waals surface area contributed by atoms with Crippen molar-refractivity contribution >= 4 is 54.9 Å². The van der Waals surface area contributed by atoms with E-state index < -0.39 is 15.9 Å². The normalized spacial score (nSPS) is 18.4. The average molecular weight is 497 g/mol. The summed E-state index contributed by atoms with van der Waals surface area (Å²) in [5.41, 5.74) is 0.251. The fraction of sp³-hybridized carbons (Fsp3) is 0.353. The molecule has 0 saturated carbocycles. The smallest absolute Gasteiger partial charge is 0.254 e. The molecule has 1 atom stereocenters. The maximum atomic E-state index is 13.2. The Kier molecular flexibility index (Phi) is 6.10. The molecule has 0 unspecified atom stereocenters. The van der Waals surface area contributed by atoms with E-state index in [2.05, 4.69) is 15.9 Å². The molecule has 1 saturated heterocycles. The fourth-order valence-corrected chi connectivity index (χ4v) is 5.75. The summed E-state index contributed by atoms with van der Waals surface area (Å²) in [6, 6.07) is 5.91. The van der Waals surface area contributed by atoms with Gasteiger partial charge in [0.1, 0.15) is 5.76 Å². The number of hydrogen-bond acceptors (Lipinski definition) is 5. The Balaban J connectivity index is 1.95. The number of methoxy groups -OCH3 is 1. The number of nitrogens with zero attached hydrogens (tertiary/aromatic N) is 1. The Morgan fingerprint density at radius 1 is 1.33 bits per heavy atom. The molecule has 1 aliphatic rings. The summed E-state index contributed by atoms with van der Waals surface area (Å²) >= 11 is 15.5. The Morgan fingerprint density at radius 2 is 2.00 bits per heavy atom. The fourth-order valence-electron chi connectivity index (χ4n) is 3.04. The molecule has 146 valence electrons. The van der Waals surface area contributed by atoms with Gasteiger partial charge >= 0.3 is 0 Å². The number of hydrogen-bond donors (Lipinski definition) is 0. The van der Waals surface area contributed by atoms with Gasteiger partial charge in [0.2, 0.25) is 0 Å². The van der Waals surface area contributed by atoms with Crippen molar-refractivity contribution in [2.24, 2.45) is 0 Å². The van der Waals surface area contributed by atoms with Crippen molar-refractivity contribution in [3.63, 3.8) is 0 Å². The second kappa shape index (κ2) is 8.03. The molecule has 3 rings (SSSR count). The van der Waals surface area contributed by atoms with Gasteiger partial charge < -0.3 is 14.1 Å². The van der Waals surface area contributed by atoms with Crippen molar-refractivity contribution < 1.29 is 22.4 Å². The molecular weight excluding hydrogens is 481 g/mol. The second-order valence-electron chi connectivity index (χ2n) is 6.17. The first-order chi connectivity index (χ1) is 12.7. The van der Waals surface area contributed by atoms with E-state index in [1.807, 2.05) is 0 Å². The third-order valence-corrected chi connectivity index (χ3v) is 7.05. The molecule has 0 bridgehead atoms. The summed E-state index contributed by atoms with van der Waals surface area (Å²) in [5, 5.41) is 0.404. The van der Waals surface area contributed by atoms with Crippen LogP contribution in [-0.4, -0.2) is 43.9 Å². The molecule has 6 nitrogen and oxygen atoms in total. The highest BCUT2D eigenvalue weighted by Gasteiger charge is 2.36. The first-order valence-corrected chi connectivity index (χ1v) is 11.4. The van der Waals surface area contributed by atoms with E-state index in [0.29, 0.717) is 16.9 Å². The van der Waals surface area contributed by atoms with E-state index in [0.717, 1.165) is 0 Å². The van der Waals surface area contributed by atoms with Crippen molar-refractivity contribution in [1.29, 1.82) is 0 Å². The number of carbonyl (C=O) groups excluding carboxylic acids is 1. The highest BCUT2D eigenvalue weighted by molar-refractivity contribution is 9.10. The standard InChI is InChI=1S/C17H16BrCl2NO5S/c1-25-16-13(19)6-10(7-14(16)20)17(22)21(8-12-2-3-15(18)26-12)11-4-5-27(23,24)9-11/h2-3,6-7,11H,4-5,8-9H2,1H3/t11-/m0/s1. The molecular formula is C17H16BrCl2NO5S. The summed E-state index contributed by atoms with van der Waals surface area (Å²) in [5.74, 6) is 0.396. The van der Waals surface area contributed by atoms with Crippen LogP contribution in [0.4, 0.5) is 0 Å². The maximum absolute atomic E-state index is 13.2. The lowest BCUT2D eigenvalue weighted by Crippen LogP contribution is -2.40. The second-order valence-corrected chi connectivity index (χ2v) is 9.99. The van der Waals surface area contributed by atoms with E-state index in [1.54, 1.807) is 12.1 Å². The monoisotopic (exact) mass is 495 g/mol. The SMILES string of the molecule is COc1c(Cl)cc(C(=O)N(Cc2ccc(Br)o2)[C@H]2CCS(=O)(=O)C2)cc1Cl. The van der Waals surface area contributed by atoms with Gasteiger partial charge in [0.05, 0.1) is 35.2 Å². The van der Waals surface area contributed by atoms with Crippen LogP contribution in [0.5, 0.6) is 5.75 Å². The lowest BCUT2D eigenvalue weighted by molar-refractivity contribution is 0.0665. The molecule has 0 spiro atoms. The van der Waals surface area contributed by atoms with Crippen LogP contribution in [0.2, 0.25) is 10.0 Å². The van der Waals surface area contributed by atoms with E-state index in [9.17, 15) is 13.2 Å². The Bertz CT molecular complexity index is 952. The molecule has 2 heterocycles. The number of benzene rings is 1. The van der Waals surface area contributed by atoms with Gasteiger partial charge in [-0.15, -0.1) is 0 Å². The van der Waals surface area contributed by atoms with Gasteiger partial charge in [0.15, 0.2) is 20.3 Å². The van der Waals surface area contributed by atoms with E-state index in [-0.39, 0.29) is 45.3 Å². The van der Waals surface area contributed by atoms with Crippen molar-refractivity contribution in [3.05, 3.63) is 50.3 Å². The van der Waals surface area contributed by atoms with Crippen LogP contribution in [0.1, 0.15) is 22.5 Å². The summed E-state index contributed by atoms with van der Waals surface area (Å²) in [7, 11) is -1.75. The predicted molar refractivity (Wildman–Crippen MR) is 106 cm³/mol. The van der Waals surface area contributed by atoms with Crippen molar-refractivity contribution in [3.8, 4) is 5.75 Å². The van der Waals surface area contributed by atoms with Crippen LogP contribution in [-0.2, 0) is 16.4 Å². The quantitative estimate of drug-likeness (QED) is 0.620. The zero-order chi connectivity index (χ0) is 19.8. The molecule has 0 radical (unpaired) electrons. The van der Waals surface area contributed by atoms with E-state index >= 15 is 0 Å². The molecule has 1 fully saturated rings. The minimum atomic E-state index is -3.18. The van der Waals surface area contributed by atoms with Gasteiger partial charge in [0, 0.05) is 11.6 Å². The largest absolute Gasteiger partial charge is 0.494 e. The summed E-state index contributed by atoms with van der Waals surface area (Å²) in [6.45, 7) is 0.131. The van der Waals surface area contributed by atoms with Crippen molar-refractivity contribution in [2.45, 2.75) is 19.0 Å². The number of sulfone groups is 1. The van der Waals surface area contributed by atoms with E-state index in [4.69, 9.17) is 32.4 Å². The zero-order valence-corrected chi connectivity index (χ0v) is 18.2. The molecule has 1 aromatic carbocycles. The van der Waals surface area contributed by atoms with Crippen LogP contribution in [0, 0.1) is 0 Å². The lowest BCUT2D eigenvalue weighted by atomic mass is 10.1. The number of ether oxygens (including phenoxy) is 1. The third-order valence-electron chi connectivity index (χ3n) is 4.31. The highest BCUT2D eigenvalue weighted by Crippen LogP contribution is 2.35. The molecule has 0 N–H and O–H groups in total. The summed E-state index contributed by atoms with van der Waals surface area (Å²) in [6.07, 6.45) is 0.369. The van der Waals surface area contributed by atoms with Gasteiger partial charge in [-0.2, -0.15) is 0 Å². The average Bonchev–Trinajstić information content (AvgIpc) is 3.16. The minimum Gasteiger partial charge on any atom is -0.494 e. The van der Waals surface area contributed by atoms with Crippen LogP contribution < -0.4 is 4.74 Å². The Labute approximate surface area is 175 Å². The number of halogens is 3.